The molecule has 152 valence electrons. The number of likely N-dealkylation sites (tertiary alicyclic amines) is 1. The summed E-state index contributed by atoms with van der Waals surface area (Å²) in [5.41, 5.74) is 1.62. The molecule has 2 amide bonds. The zero-order chi connectivity index (χ0) is 19.9. The van der Waals surface area contributed by atoms with Gasteiger partial charge in [-0.15, -0.1) is 0 Å². The zero-order valence-corrected chi connectivity index (χ0v) is 16.2. The van der Waals surface area contributed by atoms with E-state index in [4.69, 9.17) is 5.11 Å². The van der Waals surface area contributed by atoms with Crippen LogP contribution >= 0.6 is 0 Å². The summed E-state index contributed by atoms with van der Waals surface area (Å²) in [6, 6.07) is 6.91. The predicted octanol–water partition coefficient (Wildman–Crippen LogP) is 1.42. The van der Waals surface area contributed by atoms with Crippen molar-refractivity contribution in [3.63, 3.8) is 0 Å². The van der Waals surface area contributed by atoms with Crippen molar-refractivity contribution in [2.45, 2.75) is 44.6 Å². The monoisotopic (exact) mass is 387 g/mol. The number of carbonyl (C=O) groups is 3. The molecule has 3 rings (SSSR count). The molecule has 7 heteroatoms. The first-order chi connectivity index (χ1) is 13.5. The van der Waals surface area contributed by atoms with Crippen LogP contribution in [0.1, 0.15) is 48.0 Å². The van der Waals surface area contributed by atoms with E-state index < -0.39 is 12.0 Å². The second kappa shape index (κ2) is 9.68. The molecule has 1 aromatic carbocycles. The van der Waals surface area contributed by atoms with Gasteiger partial charge in [-0.1, -0.05) is 18.2 Å². The van der Waals surface area contributed by atoms with E-state index in [-0.39, 0.29) is 18.4 Å². The lowest BCUT2D eigenvalue weighted by molar-refractivity contribution is -0.144. The minimum atomic E-state index is -1.03. The van der Waals surface area contributed by atoms with Gasteiger partial charge in [-0.3, -0.25) is 14.4 Å². The van der Waals surface area contributed by atoms with Crippen molar-refractivity contribution in [1.29, 1.82) is 0 Å². The van der Waals surface area contributed by atoms with Crippen molar-refractivity contribution < 1.29 is 19.5 Å². The maximum Gasteiger partial charge on any atom is 0.323 e. The molecular formula is C21H29N3O4. The Bertz CT molecular complexity index is 715. The SMILES string of the molecule is O=C(O)CN1CCCCC(NC(=O)c2ccccc2CC2CCNCC2)C1=O. The fraction of sp³-hybridized carbons (Fsp3) is 0.571. The summed E-state index contributed by atoms with van der Waals surface area (Å²) in [6.45, 7) is 2.12. The van der Waals surface area contributed by atoms with Crippen LogP contribution in [0.4, 0.5) is 0 Å². The molecule has 0 radical (unpaired) electrons. The second-order valence-corrected chi connectivity index (χ2v) is 7.73. The number of carboxylic acids is 1. The molecule has 2 aliphatic rings. The summed E-state index contributed by atoms with van der Waals surface area (Å²) in [7, 11) is 0. The molecule has 0 bridgehead atoms. The van der Waals surface area contributed by atoms with Crippen molar-refractivity contribution >= 4 is 17.8 Å². The molecule has 0 aromatic heterocycles. The highest BCUT2D eigenvalue weighted by molar-refractivity contribution is 5.99. The first-order valence-corrected chi connectivity index (χ1v) is 10.1. The Morgan fingerprint density at radius 2 is 1.89 bits per heavy atom. The van der Waals surface area contributed by atoms with E-state index in [0.29, 0.717) is 24.4 Å². The minimum absolute atomic E-state index is 0.250. The van der Waals surface area contributed by atoms with Crippen LogP contribution in [0, 0.1) is 5.92 Å². The summed E-state index contributed by atoms with van der Waals surface area (Å²) >= 11 is 0. The Kier molecular flexibility index (Phi) is 7.03. The van der Waals surface area contributed by atoms with Gasteiger partial charge in [-0.2, -0.15) is 0 Å². The molecule has 2 saturated heterocycles. The van der Waals surface area contributed by atoms with Gasteiger partial charge < -0.3 is 20.6 Å². The molecule has 0 spiro atoms. The lowest BCUT2D eigenvalue weighted by atomic mass is 9.89. The van der Waals surface area contributed by atoms with Gasteiger partial charge in [0.1, 0.15) is 12.6 Å². The van der Waals surface area contributed by atoms with Gasteiger partial charge in [-0.05, 0) is 69.2 Å². The average Bonchev–Trinajstić information content (AvgIpc) is 2.85. The number of aliphatic carboxylic acids is 1. The third-order valence-electron chi connectivity index (χ3n) is 5.64. The third kappa shape index (κ3) is 5.32. The van der Waals surface area contributed by atoms with Crippen LogP contribution in [0.5, 0.6) is 0 Å². The van der Waals surface area contributed by atoms with Crippen LogP contribution in [-0.4, -0.2) is 60.0 Å². The topological polar surface area (TPSA) is 98.7 Å². The van der Waals surface area contributed by atoms with Crippen LogP contribution in [-0.2, 0) is 16.0 Å². The van der Waals surface area contributed by atoms with E-state index in [2.05, 4.69) is 10.6 Å². The molecule has 1 atom stereocenters. The Labute approximate surface area is 165 Å². The molecule has 0 saturated carbocycles. The van der Waals surface area contributed by atoms with Gasteiger partial charge >= 0.3 is 5.97 Å². The Balaban J connectivity index is 1.69. The average molecular weight is 387 g/mol. The summed E-state index contributed by atoms with van der Waals surface area (Å²) in [5.74, 6) is -1.03. The summed E-state index contributed by atoms with van der Waals surface area (Å²) in [5, 5.41) is 15.3. The second-order valence-electron chi connectivity index (χ2n) is 7.73. The Hall–Kier alpha value is -2.41. The van der Waals surface area contributed by atoms with Crippen molar-refractivity contribution in [3.8, 4) is 0 Å². The van der Waals surface area contributed by atoms with Gasteiger partial charge in [0.05, 0.1) is 0 Å². The van der Waals surface area contributed by atoms with Gasteiger partial charge in [0.25, 0.3) is 5.91 Å². The number of nitrogens with zero attached hydrogens (tertiary/aromatic N) is 1. The molecule has 1 aromatic rings. The summed E-state index contributed by atoms with van der Waals surface area (Å²) < 4.78 is 0. The maximum atomic E-state index is 13.0. The van der Waals surface area contributed by atoms with Crippen LogP contribution in [0.3, 0.4) is 0 Å². The van der Waals surface area contributed by atoms with Gasteiger partial charge in [0.15, 0.2) is 0 Å². The number of hydrogen-bond acceptors (Lipinski definition) is 4. The van der Waals surface area contributed by atoms with Crippen LogP contribution in [0.15, 0.2) is 24.3 Å². The standard InChI is InChI=1S/C21H29N3O4/c25-19(26)14-24-12-4-3-7-18(21(24)28)23-20(27)17-6-2-1-5-16(17)13-15-8-10-22-11-9-15/h1-2,5-6,15,18,22H,3-4,7-14H2,(H,23,27)(H,25,26). The number of benzene rings is 1. The molecule has 2 heterocycles. The number of carbonyl (C=O) groups excluding carboxylic acids is 2. The molecule has 3 N–H and O–H groups in total. The number of rotatable bonds is 6. The lowest BCUT2D eigenvalue weighted by Gasteiger charge is -2.25. The third-order valence-corrected chi connectivity index (χ3v) is 5.64. The lowest BCUT2D eigenvalue weighted by Crippen LogP contribution is -2.48. The molecule has 1 unspecified atom stereocenters. The van der Waals surface area contributed by atoms with E-state index >= 15 is 0 Å². The minimum Gasteiger partial charge on any atom is -0.480 e. The highest BCUT2D eigenvalue weighted by atomic mass is 16.4. The Morgan fingerprint density at radius 3 is 2.64 bits per heavy atom. The predicted molar refractivity (Wildman–Crippen MR) is 105 cm³/mol. The number of carboxylic acid groups (broad SMARTS) is 1. The van der Waals surface area contributed by atoms with Crippen molar-refractivity contribution in [2.75, 3.05) is 26.2 Å². The van der Waals surface area contributed by atoms with Crippen LogP contribution < -0.4 is 10.6 Å². The van der Waals surface area contributed by atoms with Crippen LogP contribution in [0.2, 0.25) is 0 Å². The molecule has 2 aliphatic heterocycles. The summed E-state index contributed by atoms with van der Waals surface area (Å²) in [4.78, 5) is 38.0. The molecule has 28 heavy (non-hydrogen) atoms. The quantitative estimate of drug-likeness (QED) is 0.686. The summed E-state index contributed by atoms with van der Waals surface area (Å²) in [6.07, 6.45) is 5.12. The molecule has 2 fully saturated rings. The highest BCUT2D eigenvalue weighted by Crippen LogP contribution is 2.21. The number of piperidine rings is 1. The van der Waals surface area contributed by atoms with Gasteiger partial charge in [0.2, 0.25) is 5.91 Å². The zero-order valence-electron chi connectivity index (χ0n) is 16.2. The first-order valence-electron chi connectivity index (χ1n) is 10.1. The number of hydrogen-bond donors (Lipinski definition) is 3. The van der Waals surface area contributed by atoms with Gasteiger partial charge in [-0.25, -0.2) is 0 Å². The van der Waals surface area contributed by atoms with Gasteiger partial charge in [0, 0.05) is 12.1 Å². The number of amides is 2. The van der Waals surface area contributed by atoms with Crippen LogP contribution in [0.25, 0.3) is 0 Å². The fourth-order valence-electron chi connectivity index (χ4n) is 4.11. The fourth-order valence-corrected chi connectivity index (χ4v) is 4.11. The van der Waals surface area contributed by atoms with E-state index in [1.165, 1.54) is 4.90 Å². The smallest absolute Gasteiger partial charge is 0.323 e. The maximum absolute atomic E-state index is 13.0. The highest BCUT2D eigenvalue weighted by Gasteiger charge is 2.30. The van der Waals surface area contributed by atoms with Crippen molar-refractivity contribution in [2.24, 2.45) is 5.92 Å². The van der Waals surface area contributed by atoms with Crippen molar-refractivity contribution in [1.82, 2.24) is 15.5 Å². The first kappa shape index (κ1) is 20.3. The van der Waals surface area contributed by atoms with E-state index in [9.17, 15) is 14.4 Å². The van der Waals surface area contributed by atoms with E-state index in [1.54, 1.807) is 0 Å². The van der Waals surface area contributed by atoms with Crippen molar-refractivity contribution in [3.05, 3.63) is 35.4 Å². The Morgan fingerprint density at radius 1 is 1.14 bits per heavy atom. The molecule has 0 aliphatic carbocycles. The molecular weight excluding hydrogens is 358 g/mol. The molecule has 7 nitrogen and oxygen atoms in total. The largest absolute Gasteiger partial charge is 0.480 e. The van der Waals surface area contributed by atoms with E-state index in [0.717, 1.165) is 50.8 Å². The van der Waals surface area contributed by atoms with E-state index in [1.807, 2.05) is 24.3 Å². The number of nitrogens with one attached hydrogen (secondary N) is 2. The normalized spacial score (nSPS) is 21.2.